The first kappa shape index (κ1) is 13.9. The van der Waals surface area contributed by atoms with E-state index in [9.17, 15) is 5.26 Å². The van der Waals surface area contributed by atoms with Crippen molar-refractivity contribution in [2.24, 2.45) is 5.41 Å². The maximum atomic E-state index is 9.21. The third-order valence-corrected chi connectivity index (χ3v) is 4.38. The highest BCUT2D eigenvalue weighted by Crippen LogP contribution is 2.47. The van der Waals surface area contributed by atoms with Crippen LogP contribution in [0.25, 0.3) is 0 Å². The summed E-state index contributed by atoms with van der Waals surface area (Å²) in [4.78, 5) is 0. The minimum Gasteiger partial charge on any atom is -0.192 e. The van der Waals surface area contributed by atoms with Crippen LogP contribution < -0.4 is 0 Å². The van der Waals surface area contributed by atoms with Gasteiger partial charge in [-0.05, 0) is 54.9 Å². The molecule has 100 valence electrons. The fourth-order valence-corrected chi connectivity index (χ4v) is 3.42. The van der Waals surface area contributed by atoms with Crippen LogP contribution in [0, 0.1) is 16.7 Å². The van der Waals surface area contributed by atoms with Gasteiger partial charge in [-0.1, -0.05) is 38.5 Å². The van der Waals surface area contributed by atoms with Gasteiger partial charge in [-0.15, -0.1) is 0 Å². The number of allylic oxidation sites excluding steroid dienone is 2. The molecule has 1 aromatic rings. The van der Waals surface area contributed by atoms with Crippen molar-refractivity contribution >= 4 is 0 Å². The van der Waals surface area contributed by atoms with Crippen LogP contribution in [0.4, 0.5) is 0 Å². The zero-order valence-corrected chi connectivity index (χ0v) is 12.5. The van der Waals surface area contributed by atoms with Gasteiger partial charge >= 0.3 is 0 Å². The number of nitrogens with zero attached hydrogens (tertiary/aromatic N) is 1. The summed E-state index contributed by atoms with van der Waals surface area (Å²) in [5, 5.41) is 9.21. The molecule has 1 nitrogen and oxygen atoms in total. The molecule has 0 aromatic heterocycles. The molecular formula is C18H23N. The van der Waals surface area contributed by atoms with Crippen molar-refractivity contribution in [3.8, 4) is 6.07 Å². The fraction of sp³-hybridized carbons (Fsp3) is 0.500. The minimum absolute atomic E-state index is 0.276. The molecule has 0 radical (unpaired) electrons. The Labute approximate surface area is 117 Å². The Bertz CT molecular complexity index is 543. The lowest BCUT2D eigenvalue weighted by Crippen LogP contribution is -2.26. The molecule has 0 amide bonds. The van der Waals surface area contributed by atoms with Crippen LogP contribution in [0.5, 0.6) is 0 Å². The number of hydrogen-bond acceptors (Lipinski definition) is 1. The SMILES string of the molecule is CCc1cc(C#N)cc(C2C(C)=CCCC2(C)C)c1. The van der Waals surface area contributed by atoms with Gasteiger partial charge in [0.25, 0.3) is 0 Å². The highest BCUT2D eigenvalue weighted by atomic mass is 14.4. The minimum atomic E-state index is 0.276. The summed E-state index contributed by atoms with van der Waals surface area (Å²) in [6.07, 6.45) is 5.74. The average Bonchev–Trinajstić information content (AvgIpc) is 2.37. The van der Waals surface area contributed by atoms with Crippen molar-refractivity contribution in [1.29, 1.82) is 5.26 Å². The Morgan fingerprint density at radius 1 is 1.32 bits per heavy atom. The Morgan fingerprint density at radius 3 is 2.63 bits per heavy atom. The summed E-state index contributed by atoms with van der Waals surface area (Å²) >= 11 is 0. The highest BCUT2D eigenvalue weighted by Gasteiger charge is 2.34. The molecule has 0 fully saturated rings. The second-order valence-electron chi connectivity index (χ2n) is 6.34. The number of hydrogen-bond donors (Lipinski definition) is 0. The summed E-state index contributed by atoms with van der Waals surface area (Å²) < 4.78 is 0. The average molecular weight is 253 g/mol. The predicted molar refractivity (Wildman–Crippen MR) is 80.0 cm³/mol. The number of rotatable bonds is 2. The molecule has 0 spiro atoms. The lowest BCUT2D eigenvalue weighted by molar-refractivity contribution is 0.276. The van der Waals surface area contributed by atoms with Gasteiger partial charge in [-0.2, -0.15) is 5.26 Å². The Balaban J connectivity index is 2.53. The molecule has 1 aromatic carbocycles. The van der Waals surface area contributed by atoms with Crippen molar-refractivity contribution in [3.63, 3.8) is 0 Å². The number of aryl methyl sites for hydroxylation is 1. The summed E-state index contributed by atoms with van der Waals surface area (Å²) in [7, 11) is 0. The molecule has 2 rings (SSSR count). The predicted octanol–water partition coefficient (Wildman–Crippen LogP) is 4.97. The first-order valence-electron chi connectivity index (χ1n) is 7.18. The zero-order chi connectivity index (χ0) is 14.0. The smallest absolute Gasteiger partial charge is 0.0991 e. The molecule has 1 aliphatic rings. The summed E-state index contributed by atoms with van der Waals surface area (Å²) in [5.41, 5.74) is 5.10. The normalized spacial score (nSPS) is 21.6. The molecule has 0 saturated carbocycles. The molecule has 1 atom stereocenters. The molecule has 0 aliphatic heterocycles. The number of nitriles is 1. The van der Waals surface area contributed by atoms with Crippen LogP contribution in [0.1, 0.15) is 63.1 Å². The van der Waals surface area contributed by atoms with Gasteiger partial charge in [-0.3, -0.25) is 0 Å². The molecule has 1 aliphatic carbocycles. The van der Waals surface area contributed by atoms with E-state index in [4.69, 9.17) is 0 Å². The standard InChI is InChI=1S/C18H23N/c1-5-14-9-15(12-19)11-16(10-14)17-13(2)7-6-8-18(17,3)4/h7,9-11,17H,5-6,8H2,1-4H3. The molecule has 1 unspecified atom stereocenters. The van der Waals surface area contributed by atoms with E-state index in [1.165, 1.54) is 29.5 Å². The quantitative estimate of drug-likeness (QED) is 0.683. The highest BCUT2D eigenvalue weighted by molar-refractivity contribution is 5.42. The van der Waals surface area contributed by atoms with Crippen molar-refractivity contribution in [2.75, 3.05) is 0 Å². The van der Waals surface area contributed by atoms with Gasteiger partial charge in [0.15, 0.2) is 0 Å². The second kappa shape index (κ2) is 5.21. The van der Waals surface area contributed by atoms with Gasteiger partial charge in [0, 0.05) is 5.92 Å². The van der Waals surface area contributed by atoms with Gasteiger partial charge in [0.2, 0.25) is 0 Å². The lowest BCUT2D eigenvalue weighted by Gasteiger charge is -2.39. The largest absolute Gasteiger partial charge is 0.192 e. The van der Waals surface area contributed by atoms with Gasteiger partial charge in [-0.25, -0.2) is 0 Å². The van der Waals surface area contributed by atoms with Crippen molar-refractivity contribution in [3.05, 3.63) is 46.5 Å². The Morgan fingerprint density at radius 2 is 2.05 bits per heavy atom. The summed E-state index contributed by atoms with van der Waals surface area (Å²) in [6, 6.07) is 8.68. The first-order chi connectivity index (χ1) is 8.97. The first-order valence-corrected chi connectivity index (χ1v) is 7.18. The Kier molecular flexibility index (Phi) is 3.80. The van der Waals surface area contributed by atoms with E-state index in [2.05, 4.69) is 52.0 Å². The molecule has 0 bridgehead atoms. The maximum absolute atomic E-state index is 9.21. The van der Waals surface area contributed by atoms with Crippen LogP contribution in [-0.4, -0.2) is 0 Å². The Hall–Kier alpha value is -1.55. The van der Waals surface area contributed by atoms with E-state index < -0.39 is 0 Å². The second-order valence-corrected chi connectivity index (χ2v) is 6.34. The van der Waals surface area contributed by atoms with Crippen molar-refractivity contribution < 1.29 is 0 Å². The molecule has 1 heteroatoms. The topological polar surface area (TPSA) is 23.8 Å². The van der Waals surface area contributed by atoms with Crippen LogP contribution in [-0.2, 0) is 6.42 Å². The molecule has 0 saturated heterocycles. The molecule has 19 heavy (non-hydrogen) atoms. The van der Waals surface area contributed by atoms with Gasteiger partial charge in [0.1, 0.15) is 0 Å². The monoisotopic (exact) mass is 253 g/mol. The summed E-state index contributed by atoms with van der Waals surface area (Å²) in [6.45, 7) is 9.07. The molecular weight excluding hydrogens is 230 g/mol. The van der Waals surface area contributed by atoms with E-state index in [0.29, 0.717) is 5.92 Å². The van der Waals surface area contributed by atoms with E-state index in [1.54, 1.807) is 0 Å². The van der Waals surface area contributed by atoms with Crippen LogP contribution in [0.15, 0.2) is 29.8 Å². The van der Waals surface area contributed by atoms with E-state index in [0.717, 1.165) is 12.0 Å². The van der Waals surface area contributed by atoms with E-state index in [1.807, 2.05) is 6.07 Å². The lowest BCUT2D eigenvalue weighted by atomic mass is 9.65. The van der Waals surface area contributed by atoms with Crippen LogP contribution >= 0.6 is 0 Å². The van der Waals surface area contributed by atoms with Gasteiger partial charge < -0.3 is 0 Å². The van der Waals surface area contributed by atoms with E-state index >= 15 is 0 Å². The molecule has 0 heterocycles. The van der Waals surface area contributed by atoms with Crippen LogP contribution in [0.2, 0.25) is 0 Å². The van der Waals surface area contributed by atoms with Crippen molar-refractivity contribution in [2.45, 2.75) is 52.9 Å². The van der Waals surface area contributed by atoms with Gasteiger partial charge in [0.05, 0.1) is 11.6 Å². The number of benzene rings is 1. The molecule has 0 N–H and O–H groups in total. The fourth-order valence-electron chi connectivity index (χ4n) is 3.42. The maximum Gasteiger partial charge on any atom is 0.0991 e. The summed E-state index contributed by atoms with van der Waals surface area (Å²) in [5.74, 6) is 0.444. The zero-order valence-electron chi connectivity index (χ0n) is 12.5. The third-order valence-electron chi connectivity index (χ3n) is 4.38. The van der Waals surface area contributed by atoms with Crippen LogP contribution in [0.3, 0.4) is 0 Å². The van der Waals surface area contributed by atoms with E-state index in [-0.39, 0.29) is 5.41 Å². The van der Waals surface area contributed by atoms with Crippen molar-refractivity contribution in [1.82, 2.24) is 0 Å². The third kappa shape index (κ3) is 2.73.